The first-order valence-electron chi connectivity index (χ1n) is 8.08. The molecule has 0 atom stereocenters. The lowest BCUT2D eigenvalue weighted by Crippen LogP contribution is -3.13. The van der Waals surface area contributed by atoms with Crippen molar-refractivity contribution in [1.82, 2.24) is 4.31 Å². The average Bonchev–Trinajstić information content (AvgIpc) is 2.63. The number of hydrogen-bond donors (Lipinski definition) is 1. The van der Waals surface area contributed by atoms with Gasteiger partial charge in [-0.2, -0.15) is 9.57 Å². The molecule has 0 amide bonds. The summed E-state index contributed by atoms with van der Waals surface area (Å²) in [6.07, 6.45) is 0. The Morgan fingerprint density at radius 1 is 1.08 bits per heavy atom. The van der Waals surface area contributed by atoms with Crippen molar-refractivity contribution < 1.29 is 17.7 Å². The highest BCUT2D eigenvalue weighted by Gasteiger charge is 2.32. The molecule has 0 aliphatic carbocycles. The van der Waals surface area contributed by atoms with Crippen LogP contribution in [0.15, 0.2) is 53.4 Å². The second-order valence-electron chi connectivity index (χ2n) is 6.07. The topological polar surface area (TPSA) is 65.6 Å². The molecule has 1 N–H and O–H groups in total. The molecule has 5 nitrogen and oxygen atoms in total. The van der Waals surface area contributed by atoms with E-state index < -0.39 is 15.8 Å². The number of benzene rings is 2. The van der Waals surface area contributed by atoms with Crippen LogP contribution in [0.2, 0.25) is 0 Å². The highest BCUT2D eigenvalue weighted by Crippen LogP contribution is 2.18. The van der Waals surface area contributed by atoms with Gasteiger partial charge in [-0.3, -0.25) is 0 Å². The van der Waals surface area contributed by atoms with E-state index in [1.165, 1.54) is 33.5 Å². The Hall–Kier alpha value is -2.27. The van der Waals surface area contributed by atoms with Crippen molar-refractivity contribution in [3.63, 3.8) is 0 Å². The quantitative estimate of drug-likeness (QED) is 0.877. The molecule has 130 valence electrons. The summed E-state index contributed by atoms with van der Waals surface area (Å²) in [7, 11) is -3.79. The van der Waals surface area contributed by atoms with Crippen LogP contribution in [-0.4, -0.2) is 38.9 Å². The minimum atomic E-state index is -3.79. The zero-order valence-electron chi connectivity index (χ0n) is 13.7. The summed E-state index contributed by atoms with van der Waals surface area (Å²) in [5.74, 6) is -0.713. The van der Waals surface area contributed by atoms with Gasteiger partial charge in [-0.15, -0.1) is 0 Å². The van der Waals surface area contributed by atoms with Gasteiger partial charge in [-0.05, 0) is 24.3 Å². The SMILES string of the molecule is N#Cc1ccc(C[NH+]2CCN(S(=O)(=O)c3ccccc3F)CC2)cc1. The second-order valence-corrected chi connectivity index (χ2v) is 7.98. The number of piperazine rings is 1. The average molecular weight is 360 g/mol. The van der Waals surface area contributed by atoms with E-state index in [0.717, 1.165) is 12.1 Å². The van der Waals surface area contributed by atoms with Crippen molar-refractivity contribution in [1.29, 1.82) is 5.26 Å². The summed E-state index contributed by atoms with van der Waals surface area (Å²) in [6.45, 7) is 2.82. The summed E-state index contributed by atoms with van der Waals surface area (Å²) in [5.41, 5.74) is 1.74. The Balaban J connectivity index is 1.63. The molecular formula is C18H19FN3O2S+. The van der Waals surface area contributed by atoms with Gasteiger partial charge in [0.15, 0.2) is 0 Å². The molecule has 0 bridgehead atoms. The minimum absolute atomic E-state index is 0.259. The van der Waals surface area contributed by atoms with Crippen LogP contribution >= 0.6 is 0 Å². The van der Waals surface area contributed by atoms with Crippen LogP contribution in [0.5, 0.6) is 0 Å². The smallest absolute Gasteiger partial charge is 0.246 e. The molecule has 0 radical (unpaired) electrons. The molecule has 2 aromatic rings. The van der Waals surface area contributed by atoms with Crippen LogP contribution in [0.1, 0.15) is 11.1 Å². The lowest BCUT2D eigenvalue weighted by atomic mass is 10.1. The molecule has 0 aromatic heterocycles. The number of nitriles is 1. The third kappa shape index (κ3) is 3.87. The van der Waals surface area contributed by atoms with Crippen molar-refractivity contribution in [2.24, 2.45) is 0 Å². The maximum atomic E-state index is 13.8. The van der Waals surface area contributed by atoms with Gasteiger partial charge in [0.1, 0.15) is 17.3 Å². The standard InChI is InChI=1S/C18H18FN3O2S/c19-17-3-1-2-4-18(17)25(23,24)22-11-9-21(10-12-22)14-16-7-5-15(13-20)6-8-16/h1-8H,9-12,14H2/p+1. The first-order chi connectivity index (χ1) is 12.0. The van der Waals surface area contributed by atoms with Crippen LogP contribution in [0.3, 0.4) is 0 Å². The number of hydrogen-bond acceptors (Lipinski definition) is 3. The predicted octanol–water partition coefficient (Wildman–Crippen LogP) is 0.787. The maximum absolute atomic E-state index is 13.8. The Bertz CT molecular complexity index is 883. The zero-order chi connectivity index (χ0) is 17.9. The largest absolute Gasteiger partial charge is 0.329 e. The molecule has 0 unspecified atom stereocenters. The molecule has 0 spiro atoms. The number of sulfonamides is 1. The lowest BCUT2D eigenvalue weighted by molar-refractivity contribution is -0.917. The Kier molecular flexibility index (Phi) is 5.13. The van der Waals surface area contributed by atoms with E-state index in [1.54, 1.807) is 12.1 Å². The molecular weight excluding hydrogens is 341 g/mol. The van der Waals surface area contributed by atoms with Gasteiger partial charge >= 0.3 is 0 Å². The third-order valence-electron chi connectivity index (χ3n) is 4.42. The molecule has 1 heterocycles. The normalized spacial score (nSPS) is 16.5. The van der Waals surface area contributed by atoms with E-state index in [4.69, 9.17) is 5.26 Å². The Labute approximate surface area is 147 Å². The fourth-order valence-corrected chi connectivity index (χ4v) is 4.50. The molecule has 7 heteroatoms. The number of nitrogens with one attached hydrogen (secondary N) is 1. The maximum Gasteiger partial charge on any atom is 0.246 e. The van der Waals surface area contributed by atoms with Gasteiger partial charge in [-0.25, -0.2) is 12.8 Å². The fourth-order valence-electron chi connectivity index (χ4n) is 3.00. The van der Waals surface area contributed by atoms with Gasteiger partial charge in [-0.1, -0.05) is 24.3 Å². The number of halogens is 1. The summed E-state index contributed by atoms with van der Waals surface area (Å²) in [6, 6.07) is 15.0. The lowest BCUT2D eigenvalue weighted by Gasteiger charge is -2.31. The Morgan fingerprint density at radius 2 is 1.72 bits per heavy atom. The number of nitrogens with zero attached hydrogens (tertiary/aromatic N) is 2. The minimum Gasteiger partial charge on any atom is -0.329 e. The van der Waals surface area contributed by atoms with Crippen molar-refractivity contribution in [2.75, 3.05) is 26.2 Å². The van der Waals surface area contributed by atoms with Crippen LogP contribution in [0.4, 0.5) is 4.39 Å². The van der Waals surface area contributed by atoms with E-state index in [1.807, 2.05) is 12.1 Å². The Morgan fingerprint density at radius 3 is 2.32 bits per heavy atom. The fraction of sp³-hybridized carbons (Fsp3) is 0.278. The summed E-state index contributed by atoms with van der Waals surface area (Å²) >= 11 is 0. The van der Waals surface area contributed by atoms with Gasteiger partial charge in [0.25, 0.3) is 0 Å². The zero-order valence-corrected chi connectivity index (χ0v) is 14.5. The first-order valence-corrected chi connectivity index (χ1v) is 9.52. The van der Waals surface area contributed by atoms with E-state index >= 15 is 0 Å². The van der Waals surface area contributed by atoms with Gasteiger partial charge in [0.2, 0.25) is 10.0 Å². The van der Waals surface area contributed by atoms with Crippen LogP contribution in [-0.2, 0) is 16.6 Å². The monoisotopic (exact) mass is 360 g/mol. The van der Waals surface area contributed by atoms with Crippen molar-refractivity contribution in [2.45, 2.75) is 11.4 Å². The molecule has 3 rings (SSSR count). The van der Waals surface area contributed by atoms with Crippen molar-refractivity contribution in [3.8, 4) is 6.07 Å². The summed E-state index contributed by atoms with van der Waals surface area (Å²) in [4.78, 5) is 1.01. The second kappa shape index (κ2) is 7.31. The summed E-state index contributed by atoms with van der Waals surface area (Å²) < 4.78 is 40.4. The van der Waals surface area contributed by atoms with Gasteiger partial charge in [0.05, 0.1) is 37.8 Å². The predicted molar refractivity (Wildman–Crippen MR) is 90.7 cm³/mol. The highest BCUT2D eigenvalue weighted by atomic mass is 32.2. The van der Waals surface area contributed by atoms with Gasteiger partial charge in [0, 0.05) is 5.56 Å². The van der Waals surface area contributed by atoms with E-state index in [0.29, 0.717) is 31.7 Å². The summed E-state index contributed by atoms with van der Waals surface area (Å²) in [5, 5.41) is 8.82. The van der Waals surface area contributed by atoms with E-state index in [9.17, 15) is 12.8 Å². The van der Waals surface area contributed by atoms with Crippen molar-refractivity contribution in [3.05, 3.63) is 65.5 Å². The van der Waals surface area contributed by atoms with E-state index in [-0.39, 0.29) is 4.90 Å². The highest BCUT2D eigenvalue weighted by molar-refractivity contribution is 7.89. The van der Waals surface area contributed by atoms with Crippen molar-refractivity contribution >= 4 is 10.0 Å². The van der Waals surface area contributed by atoms with Crippen LogP contribution in [0.25, 0.3) is 0 Å². The molecule has 25 heavy (non-hydrogen) atoms. The van der Waals surface area contributed by atoms with Gasteiger partial charge < -0.3 is 4.90 Å². The van der Waals surface area contributed by atoms with Crippen LogP contribution < -0.4 is 4.90 Å². The van der Waals surface area contributed by atoms with Crippen LogP contribution in [0, 0.1) is 17.1 Å². The van der Waals surface area contributed by atoms with E-state index in [2.05, 4.69) is 6.07 Å². The molecule has 0 saturated carbocycles. The molecule has 1 aliphatic heterocycles. The molecule has 2 aromatic carbocycles. The third-order valence-corrected chi connectivity index (χ3v) is 6.35. The number of quaternary nitrogens is 1. The first kappa shape index (κ1) is 17.5. The molecule has 1 aliphatic rings. The molecule has 1 fully saturated rings. The molecule has 1 saturated heterocycles. The number of rotatable bonds is 4.